The number of nitrogens with zero attached hydrogens (tertiary/aromatic N) is 1. The van der Waals surface area contributed by atoms with E-state index in [1.165, 1.54) is 0 Å². The maximum Gasteiger partial charge on any atom is 0.243 e. The van der Waals surface area contributed by atoms with Crippen molar-refractivity contribution in [3.8, 4) is 0 Å². The Balaban J connectivity index is 2.02. The van der Waals surface area contributed by atoms with Crippen LogP contribution in [0.25, 0.3) is 0 Å². The van der Waals surface area contributed by atoms with Gasteiger partial charge in [0.1, 0.15) is 0 Å². The van der Waals surface area contributed by atoms with E-state index in [-0.39, 0.29) is 6.04 Å². The Morgan fingerprint density at radius 1 is 1.05 bits per heavy atom. The zero-order chi connectivity index (χ0) is 15.6. The fourth-order valence-electron chi connectivity index (χ4n) is 2.71. The molecule has 1 heterocycles. The van der Waals surface area contributed by atoms with Crippen molar-refractivity contribution in [2.24, 2.45) is 0 Å². The predicted octanol–water partition coefficient (Wildman–Crippen LogP) is 2.68. The van der Waals surface area contributed by atoms with Gasteiger partial charge in [-0.2, -0.15) is 4.31 Å². The summed E-state index contributed by atoms with van der Waals surface area (Å²) in [5.74, 6) is 0. The Hall–Kier alpha value is -1.40. The molecular weight excluding hydrogens is 320 g/mol. The monoisotopic (exact) mass is 336 g/mol. The van der Waals surface area contributed by atoms with Gasteiger partial charge in [-0.3, -0.25) is 0 Å². The number of sulfonamides is 1. The molecule has 0 radical (unpaired) electrons. The van der Waals surface area contributed by atoms with Gasteiger partial charge in [-0.05, 0) is 23.8 Å². The van der Waals surface area contributed by atoms with Gasteiger partial charge in [-0.25, -0.2) is 8.42 Å². The zero-order valence-electron chi connectivity index (χ0n) is 11.9. The molecule has 2 aromatic carbocycles. The molecule has 1 aliphatic rings. The van der Waals surface area contributed by atoms with Crippen molar-refractivity contribution in [2.75, 3.05) is 19.6 Å². The summed E-state index contributed by atoms with van der Waals surface area (Å²) < 4.78 is 27.4. The molecule has 0 saturated carbocycles. The topological polar surface area (TPSA) is 49.4 Å². The normalized spacial score (nSPS) is 20.0. The summed E-state index contributed by atoms with van der Waals surface area (Å²) in [6, 6.07) is 15.6. The van der Waals surface area contributed by atoms with Gasteiger partial charge >= 0.3 is 0 Å². The minimum absolute atomic E-state index is 0.298. The summed E-state index contributed by atoms with van der Waals surface area (Å²) in [7, 11) is -3.54. The second-order valence-corrected chi connectivity index (χ2v) is 7.47. The summed E-state index contributed by atoms with van der Waals surface area (Å²) in [5.41, 5.74) is 0.830. The molecule has 0 amide bonds. The predicted molar refractivity (Wildman–Crippen MR) is 87.4 cm³/mol. The van der Waals surface area contributed by atoms with Crippen LogP contribution in [-0.4, -0.2) is 32.4 Å². The third-order valence-corrected chi connectivity index (χ3v) is 6.07. The smallest absolute Gasteiger partial charge is 0.243 e. The molecule has 6 heteroatoms. The van der Waals surface area contributed by atoms with E-state index in [4.69, 9.17) is 11.6 Å². The van der Waals surface area contributed by atoms with Gasteiger partial charge in [0.25, 0.3) is 0 Å². The van der Waals surface area contributed by atoms with Crippen LogP contribution >= 0.6 is 11.6 Å². The number of nitrogens with one attached hydrogen (secondary N) is 1. The van der Waals surface area contributed by atoms with Crippen LogP contribution in [0.2, 0.25) is 5.02 Å². The average molecular weight is 337 g/mol. The van der Waals surface area contributed by atoms with E-state index < -0.39 is 10.0 Å². The quantitative estimate of drug-likeness (QED) is 0.937. The van der Waals surface area contributed by atoms with E-state index >= 15 is 0 Å². The molecule has 0 aliphatic carbocycles. The van der Waals surface area contributed by atoms with Crippen LogP contribution in [0.3, 0.4) is 0 Å². The van der Waals surface area contributed by atoms with Crippen molar-refractivity contribution in [2.45, 2.75) is 10.9 Å². The van der Waals surface area contributed by atoms with Crippen molar-refractivity contribution in [1.29, 1.82) is 0 Å². The number of halogens is 1. The molecule has 2 aromatic rings. The van der Waals surface area contributed by atoms with Crippen LogP contribution in [0.5, 0.6) is 0 Å². The van der Waals surface area contributed by atoms with Gasteiger partial charge in [0.15, 0.2) is 0 Å². The first kappa shape index (κ1) is 15.5. The van der Waals surface area contributed by atoms with Crippen molar-refractivity contribution in [1.82, 2.24) is 9.62 Å². The molecule has 0 spiro atoms. The number of benzene rings is 2. The van der Waals surface area contributed by atoms with Crippen molar-refractivity contribution >= 4 is 21.6 Å². The lowest BCUT2D eigenvalue weighted by Crippen LogP contribution is -2.48. The first-order valence-corrected chi connectivity index (χ1v) is 8.94. The minimum atomic E-state index is -3.54. The van der Waals surface area contributed by atoms with E-state index in [0.29, 0.717) is 29.6 Å². The summed E-state index contributed by atoms with van der Waals surface area (Å²) in [6.45, 7) is 1.61. The van der Waals surface area contributed by atoms with Crippen LogP contribution in [-0.2, 0) is 10.0 Å². The Labute approximate surface area is 135 Å². The summed E-state index contributed by atoms with van der Waals surface area (Å²) in [5, 5.41) is 3.84. The van der Waals surface area contributed by atoms with E-state index in [1.54, 1.807) is 34.6 Å². The molecule has 1 unspecified atom stereocenters. The van der Waals surface area contributed by atoms with Gasteiger partial charge in [0.2, 0.25) is 10.0 Å². The summed E-state index contributed by atoms with van der Waals surface area (Å²) >= 11 is 6.27. The lowest BCUT2D eigenvalue weighted by atomic mass is 10.1. The maximum absolute atomic E-state index is 12.9. The van der Waals surface area contributed by atoms with Crippen molar-refractivity contribution in [3.05, 3.63) is 65.2 Å². The van der Waals surface area contributed by atoms with Crippen LogP contribution in [0.4, 0.5) is 0 Å². The Kier molecular flexibility index (Phi) is 4.49. The van der Waals surface area contributed by atoms with Crippen LogP contribution < -0.4 is 5.32 Å². The van der Waals surface area contributed by atoms with E-state index in [9.17, 15) is 8.42 Å². The standard InChI is InChI=1S/C16H17ClN2O2S/c17-15-9-5-4-8-14(15)16-12-18-10-11-19(16)22(20,21)13-6-2-1-3-7-13/h1-9,16,18H,10-12H2. The van der Waals surface area contributed by atoms with Gasteiger partial charge in [0, 0.05) is 24.7 Å². The third kappa shape index (κ3) is 2.90. The maximum atomic E-state index is 12.9. The molecule has 3 rings (SSSR count). The molecule has 0 aromatic heterocycles. The molecule has 1 N–H and O–H groups in total. The SMILES string of the molecule is O=S(=O)(c1ccccc1)N1CCNCC1c1ccccc1Cl. The molecule has 22 heavy (non-hydrogen) atoms. The lowest BCUT2D eigenvalue weighted by molar-refractivity contribution is 0.271. The molecule has 116 valence electrons. The van der Waals surface area contributed by atoms with E-state index in [1.807, 2.05) is 24.3 Å². The van der Waals surface area contributed by atoms with Gasteiger partial charge in [-0.1, -0.05) is 48.0 Å². The molecule has 1 atom stereocenters. The molecule has 4 nitrogen and oxygen atoms in total. The summed E-state index contributed by atoms with van der Waals surface area (Å²) in [6.07, 6.45) is 0. The highest BCUT2D eigenvalue weighted by Gasteiger charge is 2.35. The van der Waals surface area contributed by atoms with E-state index in [2.05, 4.69) is 5.32 Å². The van der Waals surface area contributed by atoms with Crippen molar-refractivity contribution < 1.29 is 8.42 Å². The Bertz CT molecular complexity index is 750. The number of hydrogen-bond acceptors (Lipinski definition) is 3. The van der Waals surface area contributed by atoms with Gasteiger partial charge in [-0.15, -0.1) is 0 Å². The number of hydrogen-bond donors (Lipinski definition) is 1. The largest absolute Gasteiger partial charge is 0.313 e. The number of rotatable bonds is 3. The summed E-state index contributed by atoms with van der Waals surface area (Å²) in [4.78, 5) is 0.314. The van der Waals surface area contributed by atoms with Crippen LogP contribution in [0.1, 0.15) is 11.6 Å². The molecule has 1 aliphatic heterocycles. The lowest BCUT2D eigenvalue weighted by Gasteiger charge is -2.35. The average Bonchev–Trinajstić information content (AvgIpc) is 2.56. The zero-order valence-corrected chi connectivity index (χ0v) is 13.5. The highest BCUT2D eigenvalue weighted by molar-refractivity contribution is 7.89. The Morgan fingerprint density at radius 2 is 1.73 bits per heavy atom. The fraction of sp³-hybridized carbons (Fsp3) is 0.250. The molecule has 1 saturated heterocycles. The highest BCUT2D eigenvalue weighted by atomic mass is 35.5. The fourth-order valence-corrected chi connectivity index (χ4v) is 4.60. The highest BCUT2D eigenvalue weighted by Crippen LogP contribution is 2.32. The molecule has 1 fully saturated rings. The Morgan fingerprint density at radius 3 is 2.45 bits per heavy atom. The van der Waals surface area contributed by atoms with Gasteiger partial charge in [0.05, 0.1) is 10.9 Å². The molecular formula is C16H17ClN2O2S. The second-order valence-electron chi connectivity index (χ2n) is 5.17. The third-order valence-electron chi connectivity index (χ3n) is 3.81. The number of piperazine rings is 1. The van der Waals surface area contributed by atoms with Gasteiger partial charge < -0.3 is 5.32 Å². The minimum Gasteiger partial charge on any atom is -0.313 e. The van der Waals surface area contributed by atoms with Crippen molar-refractivity contribution in [3.63, 3.8) is 0 Å². The van der Waals surface area contributed by atoms with Crippen LogP contribution in [0.15, 0.2) is 59.5 Å². The van der Waals surface area contributed by atoms with Crippen LogP contribution in [0, 0.1) is 0 Å². The molecule has 0 bridgehead atoms. The van der Waals surface area contributed by atoms with E-state index in [0.717, 1.165) is 5.56 Å². The first-order chi connectivity index (χ1) is 10.6. The second kappa shape index (κ2) is 6.38. The first-order valence-electron chi connectivity index (χ1n) is 7.13.